The van der Waals surface area contributed by atoms with Crippen molar-refractivity contribution in [2.24, 2.45) is 17.8 Å². The highest BCUT2D eigenvalue weighted by atomic mass is 32.1. The zero-order chi connectivity index (χ0) is 50.0. The number of hydrogen-bond acceptors (Lipinski definition) is 11. The number of methoxy groups -OCH3 is 2. The number of thiazole rings is 1. The van der Waals surface area contributed by atoms with E-state index in [1.807, 2.05) is 70.3 Å². The van der Waals surface area contributed by atoms with Crippen molar-refractivity contribution < 1.29 is 43.0 Å². The summed E-state index contributed by atoms with van der Waals surface area (Å²) in [5, 5.41) is 11.6. The molecule has 0 radical (unpaired) electrons. The molecule has 0 spiro atoms. The van der Waals surface area contributed by atoms with Crippen LogP contribution in [0.3, 0.4) is 0 Å². The van der Waals surface area contributed by atoms with E-state index in [0.29, 0.717) is 45.1 Å². The van der Waals surface area contributed by atoms with Gasteiger partial charge >= 0.3 is 0 Å². The Morgan fingerprint density at radius 2 is 1.69 bits per heavy atom. The third-order valence-corrected chi connectivity index (χ3v) is 13.8. The smallest absolute Gasteiger partial charge is 0.252 e. The van der Waals surface area contributed by atoms with Gasteiger partial charge in [-0.15, -0.1) is 11.3 Å². The van der Waals surface area contributed by atoms with Gasteiger partial charge in [-0.2, -0.15) is 0 Å². The molecular formula is C50H77N7O9S. The second-order valence-corrected chi connectivity index (χ2v) is 19.5. The molecule has 372 valence electrons. The van der Waals surface area contributed by atoms with Gasteiger partial charge < -0.3 is 35.2 Å². The van der Waals surface area contributed by atoms with Crippen LogP contribution in [0.4, 0.5) is 0 Å². The minimum atomic E-state index is -1.36. The normalized spacial score (nSPS) is 17.0. The number of nitrogens with zero attached hydrogens (tertiary/aromatic N) is 4. The van der Waals surface area contributed by atoms with Crippen LogP contribution in [-0.2, 0) is 49.5 Å². The lowest BCUT2D eigenvalue weighted by atomic mass is 9.89. The van der Waals surface area contributed by atoms with Crippen LogP contribution in [-0.4, -0.2) is 131 Å². The molecular weight excluding hydrogens is 875 g/mol. The van der Waals surface area contributed by atoms with Gasteiger partial charge in [0.2, 0.25) is 35.4 Å². The highest BCUT2D eigenvalue weighted by Crippen LogP contribution is 2.31. The summed E-state index contributed by atoms with van der Waals surface area (Å²) < 4.78 is 12.1. The first-order valence-corrected chi connectivity index (χ1v) is 24.5. The molecule has 1 aromatic carbocycles. The van der Waals surface area contributed by atoms with Gasteiger partial charge in [0.25, 0.3) is 5.91 Å². The molecule has 0 bridgehead atoms. The van der Waals surface area contributed by atoms with Crippen molar-refractivity contribution in [3.05, 3.63) is 65.1 Å². The van der Waals surface area contributed by atoms with E-state index in [9.17, 15) is 33.6 Å². The first-order chi connectivity index (χ1) is 31.7. The van der Waals surface area contributed by atoms with Crippen molar-refractivity contribution in [1.82, 2.24) is 35.6 Å². The lowest BCUT2D eigenvalue weighted by molar-refractivity contribution is -0.148. The van der Waals surface area contributed by atoms with Crippen LogP contribution in [0.15, 0.2) is 54.6 Å². The van der Waals surface area contributed by atoms with Crippen LogP contribution in [0.25, 0.3) is 0 Å². The topological polar surface area (TPSA) is 197 Å². The maximum absolute atomic E-state index is 14.5. The maximum Gasteiger partial charge on any atom is 0.252 e. The number of benzene rings is 1. The Kier molecular flexibility index (Phi) is 22.8. The fourth-order valence-corrected chi connectivity index (χ4v) is 9.54. The Balaban J connectivity index is 1.69. The molecule has 2 aromatic rings. The summed E-state index contributed by atoms with van der Waals surface area (Å²) in [4.78, 5) is 102. The van der Waals surface area contributed by atoms with E-state index >= 15 is 0 Å². The Morgan fingerprint density at radius 1 is 1.00 bits per heavy atom. The van der Waals surface area contributed by atoms with Crippen LogP contribution >= 0.6 is 11.3 Å². The largest absolute Gasteiger partial charge is 0.379 e. The summed E-state index contributed by atoms with van der Waals surface area (Å²) in [5.41, 5.74) is -0.295. The van der Waals surface area contributed by atoms with Crippen molar-refractivity contribution in [1.29, 1.82) is 0 Å². The Bertz CT molecular complexity index is 1950. The van der Waals surface area contributed by atoms with E-state index in [4.69, 9.17) is 9.47 Å². The van der Waals surface area contributed by atoms with Crippen LogP contribution in [0.5, 0.6) is 0 Å². The van der Waals surface area contributed by atoms with Gasteiger partial charge in [-0.1, -0.05) is 84.4 Å². The molecule has 8 atom stereocenters. The highest BCUT2D eigenvalue weighted by Gasteiger charge is 2.44. The summed E-state index contributed by atoms with van der Waals surface area (Å²) in [7, 11) is 4.77. The molecule has 17 heteroatoms. The predicted molar refractivity (Wildman–Crippen MR) is 259 cm³/mol. The van der Waals surface area contributed by atoms with Crippen LogP contribution in [0, 0.1) is 17.8 Å². The van der Waals surface area contributed by atoms with E-state index < -0.39 is 47.6 Å². The van der Waals surface area contributed by atoms with E-state index in [2.05, 4.69) is 27.5 Å². The number of amides is 7. The third-order valence-electron chi connectivity index (χ3n) is 13.0. The second-order valence-electron chi connectivity index (χ2n) is 18.6. The Labute approximate surface area is 402 Å². The minimum Gasteiger partial charge on any atom is -0.379 e. The number of carbonyl (C=O) groups is 7. The number of likely N-dealkylation sites (N-methyl/N-ethyl adjacent to an activating group) is 1. The van der Waals surface area contributed by atoms with Crippen molar-refractivity contribution in [2.45, 2.75) is 155 Å². The molecule has 3 N–H and O–H groups in total. The second kappa shape index (κ2) is 27.1. The van der Waals surface area contributed by atoms with E-state index in [1.165, 1.54) is 25.4 Å². The van der Waals surface area contributed by atoms with E-state index in [1.54, 1.807) is 44.0 Å². The van der Waals surface area contributed by atoms with Gasteiger partial charge in [-0.3, -0.25) is 38.5 Å². The molecule has 16 nitrogen and oxygen atoms in total. The molecule has 1 aromatic heterocycles. The number of rotatable bonds is 27. The van der Waals surface area contributed by atoms with Crippen molar-refractivity contribution in [3.8, 4) is 0 Å². The molecule has 1 saturated heterocycles. The molecule has 3 rings (SSSR count). The first kappa shape index (κ1) is 56.3. The minimum absolute atomic E-state index is 0.0282. The predicted octanol–water partition coefficient (Wildman–Crippen LogP) is 5.62. The molecule has 67 heavy (non-hydrogen) atoms. The van der Waals surface area contributed by atoms with E-state index in [-0.39, 0.29) is 72.8 Å². The summed E-state index contributed by atoms with van der Waals surface area (Å²) >= 11 is 1.48. The van der Waals surface area contributed by atoms with Crippen LogP contribution in [0.2, 0.25) is 0 Å². The number of aromatic nitrogens is 1. The number of imide groups is 1. The van der Waals surface area contributed by atoms with Gasteiger partial charge in [0.05, 0.1) is 42.7 Å². The summed E-state index contributed by atoms with van der Waals surface area (Å²) in [6.07, 6.45) is 5.80. The molecule has 7 amide bonds. The highest BCUT2D eigenvalue weighted by molar-refractivity contribution is 7.09. The standard InChI is InChI=1S/C50H77N7O9S/c1-13-33(5)44(55(10)48(63)43(32(3)4)53-49(64)50(8,9)54-40(59)25-19-16-20-27-56(35(7)58)41(60)14-2)39(65-11)31-42(61)57-28-21-24-38(57)45(66-12)34(6)46(62)52-37(47-51-26-29-67-47)30-36-22-17-15-18-23-36/h14-15,17-18,22-23,26,29,32-34,37-39,43-45H,2,13,16,19-21,24-25,27-28,30-31H2,1,3-12H3,(H,52,62)(H,53,64)(H,54,59). The number of ether oxygens (including phenoxy) is 2. The molecule has 2 heterocycles. The maximum atomic E-state index is 14.5. The molecule has 1 fully saturated rings. The molecule has 1 aliphatic heterocycles. The van der Waals surface area contributed by atoms with Crippen LogP contribution in [0.1, 0.15) is 123 Å². The zero-order valence-electron chi connectivity index (χ0n) is 41.7. The zero-order valence-corrected chi connectivity index (χ0v) is 42.5. The number of unbranched alkanes of at least 4 members (excludes halogenated alkanes) is 2. The lowest BCUT2D eigenvalue weighted by Gasteiger charge is -2.41. The van der Waals surface area contributed by atoms with Crippen LogP contribution < -0.4 is 16.0 Å². The van der Waals surface area contributed by atoms with E-state index in [0.717, 1.165) is 28.0 Å². The summed E-state index contributed by atoms with van der Waals surface area (Å²) in [6, 6.07) is 7.71. The van der Waals surface area contributed by atoms with Crippen molar-refractivity contribution >= 4 is 52.7 Å². The average Bonchev–Trinajstić information content (AvgIpc) is 4.02. The van der Waals surface area contributed by atoms with Gasteiger partial charge in [0.15, 0.2) is 0 Å². The fraction of sp³-hybridized carbons (Fsp3) is 0.640. The van der Waals surface area contributed by atoms with Gasteiger partial charge in [-0.25, -0.2) is 4.98 Å². The number of nitrogens with one attached hydrogen (secondary N) is 3. The average molecular weight is 952 g/mol. The summed E-state index contributed by atoms with van der Waals surface area (Å²) in [6.45, 7) is 18.1. The third kappa shape index (κ3) is 16.1. The molecule has 8 unspecified atom stereocenters. The summed E-state index contributed by atoms with van der Waals surface area (Å²) in [5.74, 6) is -3.51. The van der Waals surface area contributed by atoms with Gasteiger partial charge in [0.1, 0.15) is 16.6 Å². The SMILES string of the molecule is C=CC(=O)N(CCCCCC(=O)NC(C)(C)C(=O)NC(C(=O)N(C)C(C(C)CC)C(CC(=O)N1CCCC1C(OC)C(C)C(=O)NC(Cc1ccccc1)c1nccs1)OC)C(C)C)C(C)=O. The van der Waals surface area contributed by atoms with Gasteiger partial charge in [-0.05, 0) is 69.4 Å². The number of carbonyl (C=O) groups excluding carboxylic acids is 7. The number of likely N-dealkylation sites (tertiary alicyclic amines) is 1. The first-order valence-electron chi connectivity index (χ1n) is 23.6. The number of hydrogen-bond donors (Lipinski definition) is 3. The quantitative estimate of drug-likeness (QED) is 0.0747. The Hall–Kier alpha value is -5.00. The molecule has 0 saturated carbocycles. The monoisotopic (exact) mass is 952 g/mol. The fourth-order valence-electron chi connectivity index (χ4n) is 8.85. The van der Waals surface area contributed by atoms with Crippen molar-refractivity contribution in [2.75, 3.05) is 34.4 Å². The molecule has 1 aliphatic rings. The Morgan fingerprint density at radius 3 is 2.25 bits per heavy atom. The lowest BCUT2D eigenvalue weighted by Crippen LogP contribution is -2.62. The van der Waals surface area contributed by atoms with Gasteiger partial charge in [0, 0.05) is 59.3 Å². The van der Waals surface area contributed by atoms with Crippen molar-refractivity contribution in [3.63, 3.8) is 0 Å². The molecule has 0 aliphatic carbocycles.